The number of nitrogens with zero attached hydrogens (tertiary/aromatic N) is 2. The van der Waals surface area contributed by atoms with Crippen molar-refractivity contribution in [1.29, 1.82) is 0 Å². The summed E-state index contributed by atoms with van der Waals surface area (Å²) in [5.41, 5.74) is 0.456. The van der Waals surface area contributed by atoms with E-state index in [2.05, 4.69) is 9.36 Å². The molecule has 0 aromatic carbocycles. The van der Waals surface area contributed by atoms with Crippen LogP contribution in [-0.2, 0) is 0 Å². The fourth-order valence-corrected chi connectivity index (χ4v) is 2.43. The maximum atomic E-state index is 10.4. The van der Waals surface area contributed by atoms with Gasteiger partial charge in [0.05, 0.1) is 12.0 Å². The van der Waals surface area contributed by atoms with Crippen LogP contribution in [0.15, 0.2) is 11.4 Å². The molecule has 0 radical (unpaired) electrons. The quantitative estimate of drug-likeness (QED) is 0.752. The molecule has 0 amide bonds. The number of ether oxygens (including phenoxy) is 1. The molecule has 0 saturated carbocycles. The molecule has 0 aliphatic rings. The zero-order chi connectivity index (χ0) is 9.97. The van der Waals surface area contributed by atoms with Gasteiger partial charge in [-0.25, -0.2) is 4.98 Å². The molecule has 2 heterocycles. The molecule has 0 fully saturated rings. The molecule has 2 rings (SSSR count). The zero-order valence-electron chi connectivity index (χ0n) is 7.26. The van der Waals surface area contributed by atoms with Gasteiger partial charge in [-0.15, -0.1) is 11.3 Å². The number of carbonyl (C=O) groups is 1. The summed E-state index contributed by atoms with van der Waals surface area (Å²) in [5.74, 6) is 0.577. The van der Waals surface area contributed by atoms with Crippen LogP contribution in [0, 0.1) is 0 Å². The molecule has 4 nitrogen and oxygen atoms in total. The molecule has 14 heavy (non-hydrogen) atoms. The lowest BCUT2D eigenvalue weighted by atomic mass is 10.5. The molecule has 0 bridgehead atoms. The van der Waals surface area contributed by atoms with Crippen LogP contribution in [0.1, 0.15) is 10.5 Å². The Morgan fingerprint density at radius 2 is 2.43 bits per heavy atom. The minimum atomic E-state index is 0.456. The van der Waals surface area contributed by atoms with Crippen LogP contribution < -0.4 is 4.74 Å². The van der Waals surface area contributed by atoms with Crippen LogP contribution in [0.2, 0.25) is 0 Å². The maximum Gasteiger partial charge on any atom is 0.225 e. The van der Waals surface area contributed by atoms with Crippen LogP contribution in [0.5, 0.6) is 5.88 Å². The van der Waals surface area contributed by atoms with E-state index in [1.807, 2.05) is 0 Å². The summed E-state index contributed by atoms with van der Waals surface area (Å²) in [7, 11) is 1.57. The van der Waals surface area contributed by atoms with E-state index in [-0.39, 0.29) is 0 Å². The fraction of sp³-hybridized carbons (Fsp3) is 0.125. The molecule has 0 aliphatic heterocycles. The third-order valence-corrected chi connectivity index (χ3v) is 3.35. The summed E-state index contributed by atoms with van der Waals surface area (Å²) < 4.78 is 9.00. The van der Waals surface area contributed by atoms with Crippen molar-refractivity contribution >= 4 is 29.2 Å². The minimum Gasteiger partial charge on any atom is -0.480 e. The van der Waals surface area contributed by atoms with Crippen molar-refractivity contribution < 1.29 is 9.53 Å². The molecule has 72 valence electrons. The molecule has 2 aromatic heterocycles. The second kappa shape index (κ2) is 3.85. The Balaban J connectivity index is 2.33. The Morgan fingerprint density at radius 3 is 3.00 bits per heavy atom. The average Bonchev–Trinajstić information content (AvgIpc) is 2.86. The second-order valence-corrected chi connectivity index (χ2v) is 4.09. The Bertz CT molecular complexity index is 450. The number of aromatic nitrogens is 2. The van der Waals surface area contributed by atoms with E-state index in [1.165, 1.54) is 22.9 Å². The molecule has 0 spiro atoms. The maximum absolute atomic E-state index is 10.4. The van der Waals surface area contributed by atoms with Crippen molar-refractivity contribution in [3.63, 3.8) is 0 Å². The number of hydrogen-bond donors (Lipinski definition) is 0. The number of carbonyl (C=O) groups excluding carboxylic acids is 1. The summed E-state index contributed by atoms with van der Waals surface area (Å²) in [5, 5.41) is 2.52. The molecule has 0 atom stereocenters. The Labute approximate surface area is 88.4 Å². The monoisotopic (exact) mass is 226 g/mol. The van der Waals surface area contributed by atoms with Crippen molar-refractivity contribution in [2.45, 2.75) is 0 Å². The van der Waals surface area contributed by atoms with Gasteiger partial charge in [-0.05, 0) is 11.5 Å². The van der Waals surface area contributed by atoms with Gasteiger partial charge < -0.3 is 4.74 Å². The zero-order valence-corrected chi connectivity index (χ0v) is 8.89. The lowest BCUT2D eigenvalue weighted by molar-refractivity contribution is 0.111. The normalized spacial score (nSPS) is 10.1. The predicted octanol–water partition coefficient (Wildman–Crippen LogP) is 2.09. The van der Waals surface area contributed by atoms with E-state index in [0.29, 0.717) is 11.6 Å². The van der Waals surface area contributed by atoms with E-state index in [4.69, 9.17) is 4.74 Å². The summed E-state index contributed by atoms with van der Waals surface area (Å²) >= 11 is 2.73. The van der Waals surface area contributed by atoms with Gasteiger partial charge in [-0.1, -0.05) is 0 Å². The van der Waals surface area contributed by atoms with Crippen molar-refractivity contribution in [3.05, 3.63) is 17.1 Å². The van der Waals surface area contributed by atoms with Crippen LogP contribution >= 0.6 is 22.9 Å². The molecule has 6 heteroatoms. The van der Waals surface area contributed by atoms with E-state index in [0.717, 1.165) is 16.2 Å². The van der Waals surface area contributed by atoms with Gasteiger partial charge in [0.2, 0.25) is 5.88 Å². The number of methoxy groups -OCH3 is 1. The standard InChI is InChI=1S/C8H6N2O2S2/c1-12-7-2-6(14-10-7)8-9-5(3-11)4-13-8/h2-4H,1H3. The Hall–Kier alpha value is -1.27. The van der Waals surface area contributed by atoms with Gasteiger partial charge in [0.1, 0.15) is 10.7 Å². The van der Waals surface area contributed by atoms with Gasteiger partial charge in [0.15, 0.2) is 6.29 Å². The first kappa shape index (κ1) is 9.29. The highest BCUT2D eigenvalue weighted by atomic mass is 32.1. The van der Waals surface area contributed by atoms with Crippen molar-refractivity contribution in [3.8, 4) is 15.8 Å². The van der Waals surface area contributed by atoms with Crippen LogP contribution in [0.4, 0.5) is 0 Å². The summed E-state index contributed by atoms with van der Waals surface area (Å²) in [6.45, 7) is 0. The molecular weight excluding hydrogens is 220 g/mol. The predicted molar refractivity (Wildman–Crippen MR) is 55.2 cm³/mol. The smallest absolute Gasteiger partial charge is 0.225 e. The van der Waals surface area contributed by atoms with Gasteiger partial charge in [0, 0.05) is 11.4 Å². The second-order valence-electron chi connectivity index (χ2n) is 2.43. The summed E-state index contributed by atoms with van der Waals surface area (Å²) in [6, 6.07) is 1.80. The van der Waals surface area contributed by atoms with Gasteiger partial charge in [-0.2, -0.15) is 4.37 Å². The highest BCUT2D eigenvalue weighted by Gasteiger charge is 2.08. The van der Waals surface area contributed by atoms with E-state index < -0.39 is 0 Å². The SMILES string of the molecule is COc1cc(-c2nc(C=O)cs2)sn1. The Kier molecular flexibility index (Phi) is 2.55. The van der Waals surface area contributed by atoms with E-state index >= 15 is 0 Å². The molecule has 0 aliphatic carbocycles. The van der Waals surface area contributed by atoms with Gasteiger partial charge >= 0.3 is 0 Å². The topological polar surface area (TPSA) is 52.1 Å². The van der Waals surface area contributed by atoms with Crippen LogP contribution in [0.25, 0.3) is 9.88 Å². The highest BCUT2D eigenvalue weighted by molar-refractivity contribution is 7.18. The first-order chi connectivity index (χ1) is 6.83. The fourth-order valence-electron chi connectivity index (χ4n) is 0.909. The number of rotatable bonds is 3. The first-order valence-electron chi connectivity index (χ1n) is 3.75. The number of thiazole rings is 1. The van der Waals surface area contributed by atoms with Crippen LogP contribution in [0.3, 0.4) is 0 Å². The largest absolute Gasteiger partial charge is 0.480 e. The molecule has 0 unspecified atom stereocenters. The van der Waals surface area contributed by atoms with E-state index in [9.17, 15) is 4.79 Å². The molecular formula is C8H6N2O2S2. The minimum absolute atomic E-state index is 0.456. The lowest BCUT2D eigenvalue weighted by Gasteiger charge is -1.87. The van der Waals surface area contributed by atoms with Crippen LogP contribution in [-0.4, -0.2) is 22.8 Å². The van der Waals surface area contributed by atoms with Gasteiger partial charge in [-0.3, -0.25) is 4.79 Å². The Morgan fingerprint density at radius 1 is 1.57 bits per heavy atom. The number of hydrogen-bond acceptors (Lipinski definition) is 6. The lowest BCUT2D eigenvalue weighted by Crippen LogP contribution is -1.79. The summed E-state index contributed by atoms with van der Waals surface area (Å²) in [6.07, 6.45) is 0.734. The van der Waals surface area contributed by atoms with Crippen molar-refractivity contribution in [2.24, 2.45) is 0 Å². The summed E-state index contributed by atoms with van der Waals surface area (Å²) in [4.78, 5) is 15.4. The third-order valence-electron chi connectivity index (χ3n) is 1.55. The highest BCUT2D eigenvalue weighted by Crippen LogP contribution is 2.29. The van der Waals surface area contributed by atoms with Crippen molar-refractivity contribution in [1.82, 2.24) is 9.36 Å². The molecule has 2 aromatic rings. The number of aldehydes is 1. The van der Waals surface area contributed by atoms with E-state index in [1.54, 1.807) is 18.6 Å². The molecule has 0 N–H and O–H groups in total. The van der Waals surface area contributed by atoms with Crippen molar-refractivity contribution in [2.75, 3.05) is 7.11 Å². The first-order valence-corrected chi connectivity index (χ1v) is 5.40. The molecule has 0 saturated heterocycles. The van der Waals surface area contributed by atoms with Gasteiger partial charge in [0.25, 0.3) is 0 Å². The average molecular weight is 226 g/mol. The third kappa shape index (κ3) is 1.66.